The highest BCUT2D eigenvalue weighted by atomic mass is 32.1. The average Bonchev–Trinajstić information content (AvgIpc) is 3.70. The fourth-order valence-corrected chi connectivity index (χ4v) is 5.67. The van der Waals surface area contributed by atoms with Crippen LogP contribution >= 0.6 is 11.3 Å². The van der Waals surface area contributed by atoms with Crippen molar-refractivity contribution in [3.8, 4) is 33.1 Å². The van der Waals surface area contributed by atoms with Crippen molar-refractivity contribution >= 4 is 23.1 Å². The number of aliphatic hydroxyl groups is 1. The van der Waals surface area contributed by atoms with Gasteiger partial charge < -0.3 is 20.6 Å². The number of nitrogens with one attached hydrogen (secondary N) is 2. The predicted octanol–water partition coefficient (Wildman–Crippen LogP) is 2.43. The maximum absolute atomic E-state index is 12.9. The fourth-order valence-electron chi connectivity index (χ4n) is 4.84. The summed E-state index contributed by atoms with van der Waals surface area (Å²) in [4.78, 5) is 24.1. The number of nitrogens with zero attached hydrogens (tertiary/aromatic N) is 7. The summed E-state index contributed by atoms with van der Waals surface area (Å²) in [6.07, 6.45) is 7.77. The largest absolute Gasteiger partial charge is 0.391 e. The van der Waals surface area contributed by atoms with Crippen molar-refractivity contribution in [1.82, 2.24) is 40.2 Å². The van der Waals surface area contributed by atoms with Crippen LogP contribution in [-0.4, -0.2) is 84.2 Å². The molecule has 1 amide bonds. The third-order valence-corrected chi connectivity index (χ3v) is 7.82. The lowest BCUT2D eigenvalue weighted by Gasteiger charge is -2.25. The van der Waals surface area contributed by atoms with Crippen LogP contribution < -0.4 is 10.6 Å². The zero-order valence-corrected chi connectivity index (χ0v) is 21.9. The van der Waals surface area contributed by atoms with Crippen LogP contribution in [0.15, 0.2) is 42.9 Å². The molecular weight excluding hydrogens is 502 g/mol. The third-order valence-electron chi connectivity index (χ3n) is 6.87. The van der Waals surface area contributed by atoms with Crippen molar-refractivity contribution in [2.75, 3.05) is 31.5 Å². The molecule has 2 saturated heterocycles. The number of aromatic nitrogens is 6. The Morgan fingerprint density at radius 3 is 2.84 bits per heavy atom. The summed E-state index contributed by atoms with van der Waals surface area (Å²) in [5.41, 5.74) is 3.66. The molecule has 3 N–H and O–H groups in total. The molecule has 6 rings (SSSR count). The van der Waals surface area contributed by atoms with Crippen molar-refractivity contribution in [2.24, 2.45) is 7.05 Å². The van der Waals surface area contributed by atoms with E-state index in [1.54, 1.807) is 15.8 Å². The molecule has 1 aromatic carbocycles. The van der Waals surface area contributed by atoms with Gasteiger partial charge in [-0.2, -0.15) is 5.10 Å². The molecule has 11 nitrogen and oxygen atoms in total. The fraction of sp³-hybridized carbons (Fsp3) is 0.385. The lowest BCUT2D eigenvalue weighted by atomic mass is 10.1. The van der Waals surface area contributed by atoms with E-state index in [2.05, 4.69) is 37.0 Å². The van der Waals surface area contributed by atoms with E-state index < -0.39 is 6.10 Å². The monoisotopic (exact) mass is 531 g/mol. The summed E-state index contributed by atoms with van der Waals surface area (Å²) in [7, 11) is 1.90. The van der Waals surface area contributed by atoms with Crippen molar-refractivity contribution in [2.45, 2.75) is 31.4 Å². The van der Waals surface area contributed by atoms with E-state index >= 15 is 0 Å². The summed E-state index contributed by atoms with van der Waals surface area (Å²) in [6.45, 7) is 2.69. The van der Waals surface area contributed by atoms with Crippen LogP contribution in [-0.2, 0) is 7.05 Å². The first-order valence-corrected chi connectivity index (χ1v) is 13.6. The Hall–Kier alpha value is -3.74. The first kappa shape index (κ1) is 24.6. The van der Waals surface area contributed by atoms with E-state index in [4.69, 9.17) is 4.98 Å². The molecule has 2 aliphatic heterocycles. The molecule has 2 fully saturated rings. The van der Waals surface area contributed by atoms with Crippen LogP contribution in [0, 0.1) is 0 Å². The van der Waals surface area contributed by atoms with Crippen LogP contribution in [0.1, 0.15) is 29.1 Å². The van der Waals surface area contributed by atoms with Crippen LogP contribution in [0.2, 0.25) is 0 Å². The molecule has 3 aromatic heterocycles. The first-order valence-electron chi connectivity index (χ1n) is 12.8. The van der Waals surface area contributed by atoms with Gasteiger partial charge in [0.25, 0.3) is 5.91 Å². The van der Waals surface area contributed by atoms with Gasteiger partial charge in [-0.15, -0.1) is 10.2 Å². The number of anilines is 1. The van der Waals surface area contributed by atoms with Crippen LogP contribution in [0.25, 0.3) is 33.1 Å². The molecular formula is C26H29N9O2S. The lowest BCUT2D eigenvalue weighted by molar-refractivity contribution is 0.0763. The molecule has 4 aromatic rings. The number of amides is 1. The van der Waals surface area contributed by atoms with Gasteiger partial charge in [0.15, 0.2) is 10.8 Å². The molecule has 0 radical (unpaired) electrons. The highest BCUT2D eigenvalue weighted by molar-refractivity contribution is 7.16. The number of piperidine rings is 1. The Labute approximate surface area is 224 Å². The minimum atomic E-state index is -0.483. The van der Waals surface area contributed by atoms with Gasteiger partial charge in [-0.25, -0.2) is 9.97 Å². The minimum absolute atomic E-state index is 0.207. The summed E-state index contributed by atoms with van der Waals surface area (Å²) >= 11 is 1.22. The van der Waals surface area contributed by atoms with Gasteiger partial charge in [-0.05, 0) is 37.4 Å². The molecule has 5 heterocycles. The molecule has 0 spiro atoms. The maximum atomic E-state index is 12.9. The Bertz CT molecular complexity index is 1450. The number of benzene rings is 1. The molecule has 2 atom stereocenters. The SMILES string of the molecule is Cn1cc(-c2cccc(-c3ncc(-c4nnc(C(=O)N5CC[C@@H](O)C5)s4)c(NC4CCCNC4)n3)c2)cn1. The molecule has 0 bridgehead atoms. The van der Waals surface area contributed by atoms with E-state index in [1.165, 1.54) is 11.3 Å². The van der Waals surface area contributed by atoms with Crippen molar-refractivity contribution in [3.05, 3.63) is 47.9 Å². The Morgan fingerprint density at radius 1 is 1.18 bits per heavy atom. The van der Waals surface area contributed by atoms with Crippen molar-refractivity contribution in [3.63, 3.8) is 0 Å². The summed E-state index contributed by atoms with van der Waals surface area (Å²) in [5.74, 6) is 1.06. The molecule has 0 aliphatic carbocycles. The summed E-state index contributed by atoms with van der Waals surface area (Å²) in [6, 6.07) is 8.30. The van der Waals surface area contributed by atoms with E-state index in [0.717, 1.165) is 42.6 Å². The number of carbonyl (C=O) groups excluding carboxylic acids is 1. The molecule has 12 heteroatoms. The van der Waals surface area contributed by atoms with E-state index in [-0.39, 0.29) is 11.9 Å². The summed E-state index contributed by atoms with van der Waals surface area (Å²) < 4.78 is 1.78. The number of hydrogen-bond donors (Lipinski definition) is 3. The molecule has 0 saturated carbocycles. The van der Waals surface area contributed by atoms with E-state index in [9.17, 15) is 9.90 Å². The third kappa shape index (κ3) is 5.15. The second-order valence-corrected chi connectivity index (χ2v) is 10.7. The number of likely N-dealkylation sites (tertiary alicyclic amines) is 1. The second-order valence-electron chi connectivity index (χ2n) is 9.73. The predicted molar refractivity (Wildman–Crippen MR) is 145 cm³/mol. The quantitative estimate of drug-likeness (QED) is 0.343. The van der Waals surface area contributed by atoms with Crippen LogP contribution in [0.5, 0.6) is 0 Å². The molecule has 38 heavy (non-hydrogen) atoms. The van der Waals surface area contributed by atoms with Crippen LogP contribution in [0.4, 0.5) is 5.82 Å². The second kappa shape index (κ2) is 10.6. The number of hydrogen-bond acceptors (Lipinski definition) is 10. The first-order chi connectivity index (χ1) is 18.5. The minimum Gasteiger partial charge on any atom is -0.391 e. The topological polar surface area (TPSA) is 134 Å². The maximum Gasteiger partial charge on any atom is 0.284 e. The lowest BCUT2D eigenvalue weighted by Crippen LogP contribution is -2.38. The van der Waals surface area contributed by atoms with Crippen molar-refractivity contribution in [1.29, 1.82) is 0 Å². The number of aryl methyl sites for hydroxylation is 1. The number of carbonyl (C=O) groups is 1. The van der Waals surface area contributed by atoms with Crippen LogP contribution in [0.3, 0.4) is 0 Å². The van der Waals surface area contributed by atoms with Gasteiger partial charge >= 0.3 is 0 Å². The van der Waals surface area contributed by atoms with Gasteiger partial charge in [0.05, 0.1) is 17.9 Å². The number of rotatable bonds is 6. The highest BCUT2D eigenvalue weighted by Gasteiger charge is 2.28. The van der Waals surface area contributed by atoms with Gasteiger partial charge in [0.1, 0.15) is 5.82 Å². The zero-order valence-electron chi connectivity index (χ0n) is 21.0. The van der Waals surface area contributed by atoms with Gasteiger partial charge in [0.2, 0.25) is 5.01 Å². The molecule has 1 unspecified atom stereocenters. The molecule has 2 aliphatic rings. The average molecular weight is 532 g/mol. The Balaban J connectivity index is 1.33. The molecule has 196 valence electrons. The normalized spacial score (nSPS) is 19.6. The Morgan fingerprint density at radius 2 is 2.08 bits per heavy atom. The standard InChI is InChI=1S/C26H29N9O2S/c1-34-14-18(11-29-34)16-4-2-5-17(10-16)22-28-13-21(23(31-22)30-19-6-3-8-27-12-19)24-32-33-25(38-24)26(37)35-9-7-20(36)15-35/h2,4-5,10-11,13-14,19-20,27,36H,3,6-9,12,15H2,1H3,(H,28,30,31)/t19?,20-/m1/s1. The Kier molecular flexibility index (Phi) is 6.83. The van der Waals surface area contributed by atoms with E-state index in [1.807, 2.05) is 37.6 Å². The number of β-amino-alcohol motifs (C(OH)–C–C–N with tert-alkyl or cyclic N) is 1. The van der Waals surface area contributed by atoms with E-state index in [0.29, 0.717) is 46.7 Å². The zero-order chi connectivity index (χ0) is 26.1. The smallest absolute Gasteiger partial charge is 0.284 e. The van der Waals surface area contributed by atoms with Crippen molar-refractivity contribution < 1.29 is 9.90 Å². The summed E-state index contributed by atoms with van der Waals surface area (Å²) in [5, 5.41) is 30.5. The van der Waals surface area contributed by atoms with Gasteiger partial charge in [-0.3, -0.25) is 9.48 Å². The number of aliphatic hydroxyl groups excluding tert-OH is 1. The van der Waals surface area contributed by atoms with Gasteiger partial charge in [0, 0.05) is 56.2 Å². The van der Waals surface area contributed by atoms with Gasteiger partial charge in [-0.1, -0.05) is 29.5 Å². The highest BCUT2D eigenvalue weighted by Crippen LogP contribution is 2.33.